The van der Waals surface area contributed by atoms with Gasteiger partial charge in [-0.15, -0.1) is 0 Å². The lowest BCUT2D eigenvalue weighted by Gasteiger charge is -2.43. The molecule has 1 aromatic heterocycles. The van der Waals surface area contributed by atoms with Gasteiger partial charge in [-0.1, -0.05) is 41.4 Å². The standard InChI is InChI=1S/C27H31Cl2F3N4O/c1-16-9-20-19-5-2-3-6-23(19)34-25(20)26(36(16)14-27(28,29)15-37)24-21(31)10-17(11-22(24)32)33-18-12-35(13-18)8-4-7-30/h2-3,5-6,10-11,16,18,26,33-34,37H,4,7-9,12-15H2,1H3. The average molecular weight is 555 g/mol. The van der Waals surface area contributed by atoms with Crippen LogP contribution in [0.1, 0.15) is 36.2 Å². The summed E-state index contributed by atoms with van der Waals surface area (Å²) in [7, 11) is 0. The number of H-pyrrole nitrogens is 1. The lowest BCUT2D eigenvalue weighted by atomic mass is 9.87. The van der Waals surface area contributed by atoms with Crippen molar-refractivity contribution in [1.29, 1.82) is 0 Å². The largest absolute Gasteiger partial charge is 0.393 e. The van der Waals surface area contributed by atoms with Gasteiger partial charge >= 0.3 is 0 Å². The molecule has 0 radical (unpaired) electrons. The maximum Gasteiger partial charge on any atom is 0.153 e. The number of hydrogen-bond donors (Lipinski definition) is 3. The molecule has 0 aliphatic carbocycles. The monoisotopic (exact) mass is 554 g/mol. The summed E-state index contributed by atoms with van der Waals surface area (Å²) in [5, 5.41) is 13.9. The van der Waals surface area contributed by atoms with Crippen molar-refractivity contribution in [3.63, 3.8) is 0 Å². The van der Waals surface area contributed by atoms with Crippen molar-refractivity contribution in [2.75, 3.05) is 44.8 Å². The minimum atomic E-state index is -1.50. The topological polar surface area (TPSA) is 54.5 Å². The van der Waals surface area contributed by atoms with Crippen molar-refractivity contribution < 1.29 is 18.3 Å². The summed E-state index contributed by atoms with van der Waals surface area (Å²) in [6.45, 7) is 3.21. The second-order valence-electron chi connectivity index (χ2n) is 10.2. The Labute approximate surface area is 224 Å². The fraction of sp³-hybridized carbons (Fsp3) is 0.481. The van der Waals surface area contributed by atoms with E-state index in [1.807, 2.05) is 36.1 Å². The minimum Gasteiger partial charge on any atom is -0.393 e. The average Bonchev–Trinajstić information content (AvgIpc) is 3.19. The van der Waals surface area contributed by atoms with Crippen LogP contribution in [0, 0.1) is 11.6 Å². The van der Waals surface area contributed by atoms with Crippen molar-refractivity contribution in [1.82, 2.24) is 14.8 Å². The number of nitrogens with one attached hydrogen (secondary N) is 2. The van der Waals surface area contributed by atoms with Crippen LogP contribution in [0.25, 0.3) is 10.9 Å². The molecule has 3 heterocycles. The number of para-hydroxylation sites is 1. The first-order valence-corrected chi connectivity index (χ1v) is 13.3. The van der Waals surface area contributed by atoms with Gasteiger partial charge < -0.3 is 15.4 Å². The maximum atomic E-state index is 15.8. The molecule has 0 amide bonds. The third kappa shape index (κ3) is 5.32. The van der Waals surface area contributed by atoms with Crippen LogP contribution in [0.3, 0.4) is 0 Å². The third-order valence-corrected chi connectivity index (χ3v) is 7.93. The van der Waals surface area contributed by atoms with E-state index in [9.17, 15) is 9.50 Å². The third-order valence-electron chi connectivity index (χ3n) is 7.45. The molecule has 2 aliphatic heterocycles. The molecule has 200 valence electrons. The van der Waals surface area contributed by atoms with Gasteiger partial charge in [-0.3, -0.25) is 14.2 Å². The molecular formula is C27H31Cl2F3N4O. The van der Waals surface area contributed by atoms with Gasteiger partial charge in [0.15, 0.2) is 4.33 Å². The van der Waals surface area contributed by atoms with Crippen molar-refractivity contribution in [2.24, 2.45) is 0 Å². The number of fused-ring (bicyclic) bond motifs is 3. The number of anilines is 1. The van der Waals surface area contributed by atoms with E-state index in [-0.39, 0.29) is 30.9 Å². The van der Waals surface area contributed by atoms with E-state index < -0.39 is 28.6 Å². The summed E-state index contributed by atoms with van der Waals surface area (Å²) in [5.41, 5.74) is 2.86. The van der Waals surface area contributed by atoms with Crippen LogP contribution in [0.15, 0.2) is 36.4 Å². The fourth-order valence-electron chi connectivity index (χ4n) is 5.67. The molecule has 3 N–H and O–H groups in total. The molecule has 0 saturated carbocycles. The molecule has 2 atom stereocenters. The summed E-state index contributed by atoms with van der Waals surface area (Å²) in [4.78, 5) is 7.35. The first kappa shape index (κ1) is 26.6. The van der Waals surface area contributed by atoms with Gasteiger partial charge in [0.2, 0.25) is 0 Å². The van der Waals surface area contributed by atoms with Crippen LogP contribution in [0.4, 0.5) is 18.9 Å². The van der Waals surface area contributed by atoms with Gasteiger partial charge in [-0.2, -0.15) is 0 Å². The second kappa shape index (κ2) is 10.7. The number of aromatic nitrogens is 1. The Hall–Kier alpha value is -1.97. The highest BCUT2D eigenvalue weighted by Gasteiger charge is 2.42. The number of aliphatic hydroxyl groups is 1. The van der Waals surface area contributed by atoms with Crippen molar-refractivity contribution >= 4 is 39.8 Å². The number of rotatable bonds is 9. The molecule has 2 unspecified atom stereocenters. The number of aliphatic hydroxyl groups excluding tert-OH is 1. The molecule has 37 heavy (non-hydrogen) atoms. The van der Waals surface area contributed by atoms with Gasteiger partial charge in [-0.25, -0.2) is 8.78 Å². The summed E-state index contributed by atoms with van der Waals surface area (Å²) in [6.07, 6.45) is 1.12. The molecule has 5 rings (SSSR count). The molecule has 0 bridgehead atoms. The van der Waals surface area contributed by atoms with Crippen LogP contribution < -0.4 is 5.32 Å². The predicted molar refractivity (Wildman–Crippen MR) is 142 cm³/mol. The van der Waals surface area contributed by atoms with Crippen molar-refractivity contribution in [3.8, 4) is 0 Å². The molecule has 1 fully saturated rings. The number of nitrogens with zero attached hydrogens (tertiary/aromatic N) is 2. The second-order valence-corrected chi connectivity index (χ2v) is 11.8. The number of hydrogen-bond acceptors (Lipinski definition) is 4. The lowest BCUT2D eigenvalue weighted by molar-refractivity contribution is 0.124. The fourth-order valence-corrected chi connectivity index (χ4v) is 5.95. The number of aromatic amines is 1. The molecule has 3 aromatic rings. The molecule has 2 aromatic carbocycles. The van der Waals surface area contributed by atoms with Crippen LogP contribution >= 0.6 is 23.2 Å². The van der Waals surface area contributed by atoms with E-state index >= 15 is 8.78 Å². The van der Waals surface area contributed by atoms with E-state index in [1.54, 1.807) is 0 Å². The van der Waals surface area contributed by atoms with Crippen LogP contribution in [-0.4, -0.2) is 75.8 Å². The summed E-state index contributed by atoms with van der Waals surface area (Å²) >= 11 is 12.7. The van der Waals surface area contributed by atoms with Crippen LogP contribution in [0.5, 0.6) is 0 Å². The highest BCUT2D eigenvalue weighted by Crippen LogP contribution is 2.44. The van der Waals surface area contributed by atoms with Crippen LogP contribution in [-0.2, 0) is 6.42 Å². The van der Waals surface area contributed by atoms with Gasteiger partial charge in [0.25, 0.3) is 0 Å². The highest BCUT2D eigenvalue weighted by atomic mass is 35.5. The summed E-state index contributed by atoms with van der Waals surface area (Å²) < 4.78 is 42.5. The van der Waals surface area contributed by atoms with E-state index in [0.717, 1.165) is 16.5 Å². The number of benzene rings is 2. The van der Waals surface area contributed by atoms with E-state index in [1.165, 1.54) is 12.1 Å². The Morgan fingerprint density at radius 2 is 1.86 bits per heavy atom. The molecular weight excluding hydrogens is 524 g/mol. The lowest BCUT2D eigenvalue weighted by Crippen LogP contribution is -2.54. The first-order valence-electron chi connectivity index (χ1n) is 12.6. The zero-order valence-corrected chi connectivity index (χ0v) is 22.1. The van der Waals surface area contributed by atoms with Crippen LogP contribution in [0.2, 0.25) is 0 Å². The molecule has 10 heteroatoms. The normalized spacial score (nSPS) is 21.3. The van der Waals surface area contributed by atoms with Gasteiger partial charge in [0.1, 0.15) is 11.6 Å². The molecule has 1 saturated heterocycles. The van der Waals surface area contributed by atoms with Crippen molar-refractivity contribution in [2.45, 2.75) is 42.2 Å². The number of alkyl halides is 3. The van der Waals surface area contributed by atoms with E-state index in [4.69, 9.17) is 23.2 Å². The molecule has 5 nitrogen and oxygen atoms in total. The number of halogens is 5. The van der Waals surface area contributed by atoms with E-state index in [2.05, 4.69) is 15.2 Å². The Kier molecular flexibility index (Phi) is 7.67. The predicted octanol–water partition coefficient (Wildman–Crippen LogP) is 5.40. The van der Waals surface area contributed by atoms with Gasteiger partial charge in [0.05, 0.1) is 25.4 Å². The Balaban J connectivity index is 1.50. The number of likely N-dealkylation sites (tertiary alicyclic amines) is 1. The molecule has 0 spiro atoms. The Morgan fingerprint density at radius 1 is 1.16 bits per heavy atom. The highest BCUT2D eigenvalue weighted by molar-refractivity contribution is 6.48. The first-order chi connectivity index (χ1) is 17.7. The Morgan fingerprint density at radius 3 is 2.54 bits per heavy atom. The maximum absolute atomic E-state index is 15.8. The quantitative estimate of drug-likeness (QED) is 0.310. The van der Waals surface area contributed by atoms with E-state index in [0.29, 0.717) is 43.9 Å². The van der Waals surface area contributed by atoms with Gasteiger partial charge in [-0.05, 0) is 43.5 Å². The zero-order valence-electron chi connectivity index (χ0n) is 20.6. The minimum absolute atomic E-state index is 0.0168. The summed E-state index contributed by atoms with van der Waals surface area (Å²) in [5.74, 6) is -1.35. The smallest absolute Gasteiger partial charge is 0.153 e. The van der Waals surface area contributed by atoms with Gasteiger partial charge in [0, 0.05) is 60.1 Å². The Bertz CT molecular complexity index is 1240. The summed E-state index contributed by atoms with van der Waals surface area (Å²) in [6, 6.07) is 9.52. The zero-order chi connectivity index (χ0) is 26.3. The molecule has 2 aliphatic rings. The SMILES string of the molecule is CC1Cc2c([nH]c3ccccc23)C(c2c(F)cc(NC3CN(CCCF)C3)cc2F)N1CC(Cl)(Cl)CO. The van der Waals surface area contributed by atoms with Crippen molar-refractivity contribution in [3.05, 3.63) is 64.9 Å².